The Morgan fingerprint density at radius 2 is 1.96 bits per heavy atom. The average molecular weight is 342 g/mol. The van der Waals surface area contributed by atoms with Gasteiger partial charge in [-0.15, -0.1) is 0 Å². The number of hydrogen-bond donors (Lipinski definition) is 1. The number of aliphatic imine (C=N–C) groups is 1. The lowest BCUT2D eigenvalue weighted by Gasteiger charge is -2.35. The summed E-state index contributed by atoms with van der Waals surface area (Å²) >= 11 is 1.96. The molecule has 0 bridgehead atoms. The molecule has 5 nitrogen and oxygen atoms in total. The fraction of sp³-hybridized carbons (Fsp3) is 0.941. The van der Waals surface area contributed by atoms with Gasteiger partial charge in [-0.3, -0.25) is 4.99 Å². The molecule has 0 amide bonds. The first kappa shape index (κ1) is 17.4. The highest BCUT2D eigenvalue weighted by molar-refractivity contribution is 8.00. The number of nitrogens with one attached hydrogen (secondary N) is 1. The smallest absolute Gasteiger partial charge is 0.193 e. The van der Waals surface area contributed by atoms with E-state index in [0.29, 0.717) is 5.41 Å². The topological polar surface area (TPSA) is 46.1 Å². The molecule has 3 rings (SSSR count). The number of likely N-dealkylation sites (tertiary alicyclic amines) is 1. The molecule has 132 valence electrons. The minimum Gasteiger partial charge on any atom is -0.381 e. The first-order valence-corrected chi connectivity index (χ1v) is 10.2. The van der Waals surface area contributed by atoms with Crippen molar-refractivity contribution < 1.29 is 9.47 Å². The summed E-state index contributed by atoms with van der Waals surface area (Å²) in [6.45, 7) is 9.76. The van der Waals surface area contributed by atoms with E-state index in [4.69, 9.17) is 14.5 Å². The molecule has 0 saturated carbocycles. The monoisotopic (exact) mass is 341 g/mol. The number of nitrogens with zero attached hydrogens (tertiary/aromatic N) is 2. The zero-order chi connectivity index (χ0) is 16.2. The highest BCUT2D eigenvalue weighted by Gasteiger charge is 2.42. The molecule has 1 N–H and O–H groups in total. The highest BCUT2D eigenvalue weighted by atomic mass is 32.2. The van der Waals surface area contributed by atoms with Crippen LogP contribution < -0.4 is 5.32 Å². The maximum atomic E-state index is 5.65. The van der Waals surface area contributed by atoms with E-state index in [1.807, 2.05) is 11.8 Å². The van der Waals surface area contributed by atoms with Crippen molar-refractivity contribution in [3.63, 3.8) is 0 Å². The van der Waals surface area contributed by atoms with Crippen LogP contribution >= 0.6 is 11.8 Å². The van der Waals surface area contributed by atoms with E-state index < -0.39 is 0 Å². The van der Waals surface area contributed by atoms with Crippen molar-refractivity contribution >= 4 is 17.7 Å². The summed E-state index contributed by atoms with van der Waals surface area (Å²) in [4.78, 5) is 7.48. The molecule has 1 spiro atoms. The summed E-state index contributed by atoms with van der Waals surface area (Å²) in [5, 5.41) is 3.51. The lowest BCUT2D eigenvalue weighted by atomic mass is 9.87. The van der Waals surface area contributed by atoms with Gasteiger partial charge in [0.2, 0.25) is 0 Å². The number of ether oxygens (including phenoxy) is 2. The summed E-state index contributed by atoms with van der Waals surface area (Å²) in [7, 11) is 0. The van der Waals surface area contributed by atoms with Gasteiger partial charge < -0.3 is 19.7 Å². The molecule has 3 aliphatic heterocycles. The molecule has 0 radical (unpaired) electrons. The Hall–Kier alpha value is -0.460. The molecule has 0 aliphatic carbocycles. The summed E-state index contributed by atoms with van der Waals surface area (Å²) in [6, 6.07) is 0. The Balaban J connectivity index is 1.65. The fourth-order valence-corrected chi connectivity index (χ4v) is 4.67. The van der Waals surface area contributed by atoms with Crippen LogP contribution in [0.2, 0.25) is 0 Å². The molecule has 6 heteroatoms. The van der Waals surface area contributed by atoms with Gasteiger partial charge in [-0.2, -0.15) is 11.8 Å². The van der Waals surface area contributed by atoms with Gasteiger partial charge in [0.05, 0.1) is 13.2 Å². The van der Waals surface area contributed by atoms with Crippen molar-refractivity contribution in [2.75, 3.05) is 58.9 Å². The SMILES string of the molecule is CCNC(=NCC1(SC)CCOCC1)N1CCC2(CCOC2)C1. The van der Waals surface area contributed by atoms with Crippen LogP contribution in [0.5, 0.6) is 0 Å². The lowest BCUT2D eigenvalue weighted by molar-refractivity contribution is 0.0793. The Kier molecular flexibility index (Phi) is 5.75. The lowest BCUT2D eigenvalue weighted by Crippen LogP contribution is -2.43. The third-order valence-electron chi connectivity index (χ3n) is 5.61. The van der Waals surface area contributed by atoms with Gasteiger partial charge in [-0.25, -0.2) is 0 Å². The molecule has 3 saturated heterocycles. The van der Waals surface area contributed by atoms with Crippen molar-refractivity contribution in [3.8, 4) is 0 Å². The van der Waals surface area contributed by atoms with Crippen LogP contribution in [0.3, 0.4) is 0 Å². The van der Waals surface area contributed by atoms with E-state index in [9.17, 15) is 0 Å². The average Bonchev–Trinajstić information content (AvgIpc) is 3.23. The number of rotatable bonds is 4. The minimum atomic E-state index is 0.257. The zero-order valence-electron chi connectivity index (χ0n) is 14.6. The van der Waals surface area contributed by atoms with E-state index in [1.54, 1.807) is 0 Å². The fourth-order valence-electron chi connectivity index (χ4n) is 3.90. The van der Waals surface area contributed by atoms with E-state index in [1.165, 1.54) is 12.8 Å². The van der Waals surface area contributed by atoms with Crippen molar-refractivity contribution in [3.05, 3.63) is 0 Å². The van der Waals surface area contributed by atoms with Gasteiger partial charge >= 0.3 is 0 Å². The van der Waals surface area contributed by atoms with Gasteiger partial charge in [0.1, 0.15) is 0 Å². The van der Waals surface area contributed by atoms with Crippen molar-refractivity contribution in [1.29, 1.82) is 0 Å². The molecular weight excluding hydrogens is 310 g/mol. The molecule has 23 heavy (non-hydrogen) atoms. The molecule has 3 aliphatic rings. The minimum absolute atomic E-state index is 0.257. The van der Waals surface area contributed by atoms with Gasteiger partial charge in [0.15, 0.2) is 5.96 Å². The Morgan fingerprint density at radius 1 is 1.17 bits per heavy atom. The summed E-state index contributed by atoms with van der Waals surface area (Å²) in [6.07, 6.45) is 6.87. The zero-order valence-corrected chi connectivity index (χ0v) is 15.4. The first-order chi connectivity index (χ1) is 11.2. The Morgan fingerprint density at radius 3 is 2.61 bits per heavy atom. The number of thioether (sulfide) groups is 1. The molecule has 1 atom stereocenters. The Bertz CT molecular complexity index is 418. The Labute approximate surface area is 144 Å². The third-order valence-corrected chi connectivity index (χ3v) is 7.02. The number of guanidine groups is 1. The second kappa shape index (κ2) is 7.62. The first-order valence-electron chi connectivity index (χ1n) is 8.95. The normalized spacial score (nSPS) is 31.0. The predicted molar refractivity (Wildman–Crippen MR) is 96.3 cm³/mol. The molecule has 0 aromatic heterocycles. The van der Waals surface area contributed by atoms with Gasteiger partial charge in [0.25, 0.3) is 0 Å². The van der Waals surface area contributed by atoms with Crippen LogP contribution in [-0.2, 0) is 9.47 Å². The van der Waals surface area contributed by atoms with E-state index in [0.717, 1.165) is 71.4 Å². The van der Waals surface area contributed by atoms with Gasteiger partial charge in [-0.05, 0) is 38.9 Å². The molecule has 1 unspecified atom stereocenters. The van der Waals surface area contributed by atoms with Crippen LogP contribution in [0, 0.1) is 5.41 Å². The van der Waals surface area contributed by atoms with Crippen molar-refractivity contribution in [1.82, 2.24) is 10.2 Å². The predicted octanol–water partition coefficient (Wildman–Crippen LogP) is 1.98. The largest absolute Gasteiger partial charge is 0.381 e. The van der Waals surface area contributed by atoms with Crippen LogP contribution in [0.25, 0.3) is 0 Å². The quantitative estimate of drug-likeness (QED) is 0.626. The maximum absolute atomic E-state index is 5.65. The van der Waals surface area contributed by atoms with E-state index in [2.05, 4.69) is 23.4 Å². The highest BCUT2D eigenvalue weighted by Crippen LogP contribution is 2.38. The number of hydrogen-bond acceptors (Lipinski definition) is 4. The van der Waals surface area contributed by atoms with E-state index >= 15 is 0 Å². The molecule has 0 aromatic carbocycles. The van der Waals surface area contributed by atoms with Crippen LogP contribution in [0.1, 0.15) is 32.6 Å². The van der Waals surface area contributed by atoms with Crippen molar-refractivity contribution in [2.45, 2.75) is 37.4 Å². The summed E-state index contributed by atoms with van der Waals surface area (Å²) in [5.41, 5.74) is 0.381. The van der Waals surface area contributed by atoms with Crippen LogP contribution in [-0.4, -0.2) is 74.5 Å². The van der Waals surface area contributed by atoms with Crippen molar-refractivity contribution in [2.24, 2.45) is 10.4 Å². The summed E-state index contributed by atoms with van der Waals surface area (Å²) < 4.78 is 11.5. The molecule has 0 aromatic rings. The van der Waals surface area contributed by atoms with Gasteiger partial charge in [-0.1, -0.05) is 0 Å². The third kappa shape index (κ3) is 3.97. The second-order valence-corrected chi connectivity index (χ2v) is 8.42. The summed E-state index contributed by atoms with van der Waals surface area (Å²) in [5.74, 6) is 1.09. The standard InChI is InChI=1S/C17H31N3O2S/c1-3-18-15(19-12-17(23-2)6-10-21-11-7-17)20-8-4-16(13-20)5-9-22-14-16/h3-14H2,1-2H3,(H,18,19). The van der Waals surface area contributed by atoms with Crippen LogP contribution in [0.4, 0.5) is 0 Å². The molecule has 3 fully saturated rings. The second-order valence-electron chi connectivity index (χ2n) is 7.14. The van der Waals surface area contributed by atoms with Crippen LogP contribution in [0.15, 0.2) is 4.99 Å². The molecule has 3 heterocycles. The van der Waals surface area contributed by atoms with E-state index in [-0.39, 0.29) is 4.75 Å². The molecular formula is C17H31N3O2S. The van der Waals surface area contributed by atoms with Gasteiger partial charge in [0, 0.05) is 49.6 Å². The maximum Gasteiger partial charge on any atom is 0.193 e.